The summed E-state index contributed by atoms with van der Waals surface area (Å²) in [5.41, 5.74) is 1.44. The Labute approximate surface area is 166 Å². The number of nitrogens with zero attached hydrogens (tertiary/aromatic N) is 3. The fraction of sp³-hybridized carbons (Fsp3) is 0.286. The van der Waals surface area contributed by atoms with Crippen LogP contribution in [0.5, 0.6) is 5.88 Å². The van der Waals surface area contributed by atoms with Gasteiger partial charge in [0.05, 0.1) is 29.7 Å². The monoisotopic (exact) mass is 398 g/mol. The van der Waals surface area contributed by atoms with Gasteiger partial charge in [0, 0.05) is 19.2 Å². The van der Waals surface area contributed by atoms with Gasteiger partial charge in [-0.3, -0.25) is 4.79 Å². The van der Waals surface area contributed by atoms with Gasteiger partial charge >= 0.3 is 0 Å². The third-order valence-electron chi connectivity index (χ3n) is 5.00. The van der Waals surface area contributed by atoms with E-state index in [2.05, 4.69) is 15.3 Å². The van der Waals surface area contributed by atoms with Crippen LogP contribution in [0.3, 0.4) is 0 Å². The number of hydrogen-bond donors (Lipinski definition) is 1. The first-order valence-corrected chi connectivity index (χ1v) is 9.37. The molecule has 1 N–H and O–H groups in total. The molecule has 3 aromatic rings. The van der Waals surface area contributed by atoms with Gasteiger partial charge in [0.2, 0.25) is 5.91 Å². The van der Waals surface area contributed by atoms with Gasteiger partial charge in [0.25, 0.3) is 5.88 Å². The van der Waals surface area contributed by atoms with Crippen LogP contribution in [-0.4, -0.2) is 36.1 Å². The molecule has 1 saturated heterocycles. The Kier molecular flexibility index (Phi) is 5.24. The van der Waals surface area contributed by atoms with Gasteiger partial charge in [-0.05, 0) is 37.1 Å². The van der Waals surface area contributed by atoms with Gasteiger partial charge < -0.3 is 15.0 Å². The topological polar surface area (TPSA) is 67.4 Å². The van der Waals surface area contributed by atoms with E-state index in [9.17, 15) is 13.6 Å². The fourth-order valence-corrected chi connectivity index (χ4v) is 3.53. The predicted molar refractivity (Wildman–Crippen MR) is 106 cm³/mol. The normalized spacial score (nSPS) is 16.7. The number of benzene rings is 2. The van der Waals surface area contributed by atoms with Crippen LogP contribution in [0, 0.1) is 17.6 Å². The van der Waals surface area contributed by atoms with Crippen molar-refractivity contribution >= 4 is 28.4 Å². The number of hydrogen-bond acceptors (Lipinski definition) is 5. The number of para-hydroxylation sites is 2. The summed E-state index contributed by atoms with van der Waals surface area (Å²) < 4.78 is 32.4. The van der Waals surface area contributed by atoms with E-state index >= 15 is 0 Å². The highest BCUT2D eigenvalue weighted by Crippen LogP contribution is 2.31. The molecule has 6 nitrogen and oxygen atoms in total. The number of piperidine rings is 1. The Bertz CT molecular complexity index is 1060. The van der Waals surface area contributed by atoms with Crippen molar-refractivity contribution in [2.45, 2.75) is 12.8 Å². The smallest absolute Gasteiger partial charge is 0.257 e. The molecule has 1 aliphatic rings. The Morgan fingerprint density at radius 3 is 2.66 bits per heavy atom. The minimum absolute atomic E-state index is 0.0309. The second-order valence-electron chi connectivity index (χ2n) is 6.94. The van der Waals surface area contributed by atoms with Crippen LogP contribution in [0.1, 0.15) is 12.8 Å². The standard InChI is InChI=1S/C21H20F2N4O2/c1-29-21-19(24-17-6-2-3-7-18(17)26-21)27-10-4-5-13(12-27)20(28)25-16-9-8-14(22)11-15(16)23/h2-3,6-9,11,13H,4-5,10,12H2,1H3,(H,25,28)/t13-/m0/s1. The molecule has 0 bridgehead atoms. The highest BCUT2D eigenvalue weighted by Gasteiger charge is 2.29. The molecule has 1 aliphatic heterocycles. The molecule has 2 aromatic carbocycles. The van der Waals surface area contributed by atoms with Crippen LogP contribution >= 0.6 is 0 Å². The second kappa shape index (κ2) is 7.98. The van der Waals surface area contributed by atoms with Crippen LogP contribution in [0.25, 0.3) is 11.0 Å². The number of carbonyl (C=O) groups excluding carboxylic acids is 1. The number of fused-ring (bicyclic) bond motifs is 1. The number of carbonyl (C=O) groups is 1. The minimum atomic E-state index is -0.798. The quantitative estimate of drug-likeness (QED) is 0.725. The van der Waals surface area contributed by atoms with Crippen LogP contribution in [-0.2, 0) is 4.79 Å². The van der Waals surface area contributed by atoms with Gasteiger partial charge in [0.1, 0.15) is 11.6 Å². The molecule has 0 saturated carbocycles. The molecule has 8 heteroatoms. The van der Waals surface area contributed by atoms with Gasteiger partial charge in [-0.25, -0.2) is 18.7 Å². The third-order valence-corrected chi connectivity index (χ3v) is 5.00. The lowest BCUT2D eigenvalue weighted by Crippen LogP contribution is -2.41. The lowest BCUT2D eigenvalue weighted by Gasteiger charge is -2.33. The zero-order valence-electron chi connectivity index (χ0n) is 15.9. The number of methoxy groups -OCH3 is 1. The first kappa shape index (κ1) is 19.0. The molecule has 29 heavy (non-hydrogen) atoms. The zero-order valence-corrected chi connectivity index (χ0v) is 15.9. The van der Waals surface area contributed by atoms with Crippen molar-refractivity contribution < 1.29 is 18.3 Å². The molecule has 0 aliphatic carbocycles. The summed E-state index contributed by atoms with van der Waals surface area (Å²) >= 11 is 0. The minimum Gasteiger partial charge on any atom is -0.478 e. The van der Waals surface area contributed by atoms with Gasteiger partial charge in [-0.1, -0.05) is 12.1 Å². The van der Waals surface area contributed by atoms with Crippen molar-refractivity contribution in [3.8, 4) is 5.88 Å². The van der Waals surface area contributed by atoms with Crippen molar-refractivity contribution in [1.29, 1.82) is 0 Å². The summed E-state index contributed by atoms with van der Waals surface area (Å²) in [6.07, 6.45) is 1.43. The Balaban J connectivity index is 1.55. The maximum absolute atomic E-state index is 13.9. The lowest BCUT2D eigenvalue weighted by atomic mass is 9.97. The number of ether oxygens (including phenoxy) is 1. The molecule has 0 radical (unpaired) electrons. The Morgan fingerprint density at radius 1 is 1.17 bits per heavy atom. The summed E-state index contributed by atoms with van der Waals surface area (Å²) in [5.74, 6) is -1.19. The average molecular weight is 398 g/mol. The number of amides is 1. The summed E-state index contributed by atoms with van der Waals surface area (Å²) in [6, 6.07) is 10.6. The molecule has 0 unspecified atom stereocenters. The Hall–Kier alpha value is -3.29. The first-order valence-electron chi connectivity index (χ1n) is 9.37. The van der Waals surface area contributed by atoms with Gasteiger partial charge in [-0.2, -0.15) is 0 Å². The fourth-order valence-electron chi connectivity index (χ4n) is 3.53. The van der Waals surface area contributed by atoms with E-state index in [-0.39, 0.29) is 17.5 Å². The maximum Gasteiger partial charge on any atom is 0.257 e. The van der Waals surface area contributed by atoms with Gasteiger partial charge in [0.15, 0.2) is 5.82 Å². The molecule has 2 heterocycles. The van der Waals surface area contributed by atoms with Crippen LogP contribution in [0.15, 0.2) is 42.5 Å². The number of aromatic nitrogens is 2. The van der Waals surface area contributed by atoms with Crippen molar-refractivity contribution in [2.75, 3.05) is 30.4 Å². The van der Waals surface area contributed by atoms with Crippen LogP contribution < -0.4 is 15.0 Å². The number of anilines is 2. The summed E-state index contributed by atoms with van der Waals surface area (Å²) in [6.45, 7) is 1.11. The molecule has 0 spiro atoms. The van der Waals surface area contributed by atoms with E-state index in [1.54, 1.807) is 0 Å². The van der Waals surface area contributed by atoms with E-state index in [1.165, 1.54) is 13.2 Å². The summed E-state index contributed by atoms with van der Waals surface area (Å²) in [7, 11) is 1.54. The van der Waals surface area contributed by atoms with Crippen molar-refractivity contribution in [2.24, 2.45) is 5.92 Å². The van der Waals surface area contributed by atoms with E-state index in [1.807, 2.05) is 29.2 Å². The second-order valence-corrected chi connectivity index (χ2v) is 6.94. The number of rotatable bonds is 4. The summed E-state index contributed by atoms with van der Waals surface area (Å²) in [4.78, 5) is 23.8. The molecule has 1 aromatic heterocycles. The largest absolute Gasteiger partial charge is 0.478 e. The molecule has 1 amide bonds. The maximum atomic E-state index is 13.9. The van der Waals surface area contributed by atoms with E-state index in [0.717, 1.165) is 29.6 Å². The zero-order chi connectivity index (χ0) is 20.4. The molecular weight excluding hydrogens is 378 g/mol. The number of nitrogens with one attached hydrogen (secondary N) is 1. The van der Waals surface area contributed by atoms with Crippen molar-refractivity contribution in [3.63, 3.8) is 0 Å². The molecule has 150 valence electrons. The van der Waals surface area contributed by atoms with Crippen LogP contribution in [0.2, 0.25) is 0 Å². The van der Waals surface area contributed by atoms with E-state index in [0.29, 0.717) is 31.2 Å². The first-order chi connectivity index (χ1) is 14.0. The van der Waals surface area contributed by atoms with E-state index < -0.39 is 11.6 Å². The predicted octanol–water partition coefficient (Wildman–Crippen LogP) is 3.77. The Morgan fingerprint density at radius 2 is 1.93 bits per heavy atom. The lowest BCUT2D eigenvalue weighted by molar-refractivity contribution is -0.120. The molecule has 4 rings (SSSR count). The highest BCUT2D eigenvalue weighted by atomic mass is 19.1. The van der Waals surface area contributed by atoms with Crippen molar-refractivity contribution in [1.82, 2.24) is 9.97 Å². The molecule has 1 atom stereocenters. The highest BCUT2D eigenvalue weighted by molar-refractivity contribution is 5.93. The number of halogens is 2. The average Bonchev–Trinajstić information content (AvgIpc) is 2.74. The third kappa shape index (κ3) is 3.96. The van der Waals surface area contributed by atoms with Crippen molar-refractivity contribution in [3.05, 3.63) is 54.1 Å². The SMILES string of the molecule is COc1nc2ccccc2nc1N1CCC[C@H](C(=O)Nc2ccc(F)cc2F)C1. The van der Waals surface area contributed by atoms with Gasteiger partial charge in [-0.15, -0.1) is 0 Å². The van der Waals surface area contributed by atoms with Crippen LogP contribution in [0.4, 0.5) is 20.3 Å². The molecule has 1 fully saturated rings. The van der Waals surface area contributed by atoms with E-state index in [4.69, 9.17) is 4.74 Å². The summed E-state index contributed by atoms with van der Waals surface area (Å²) in [5, 5.41) is 2.56. The molecular formula is C21H20F2N4O2.